The Labute approximate surface area is 179 Å². The third kappa shape index (κ3) is 3.90. The van der Waals surface area contributed by atoms with E-state index in [2.05, 4.69) is 20.8 Å². The van der Waals surface area contributed by atoms with Gasteiger partial charge in [-0.05, 0) is 54.0 Å². The van der Waals surface area contributed by atoms with Gasteiger partial charge in [-0.3, -0.25) is 9.59 Å². The van der Waals surface area contributed by atoms with E-state index in [0.29, 0.717) is 37.4 Å². The molecule has 0 aliphatic carbocycles. The third-order valence-corrected chi connectivity index (χ3v) is 5.88. The van der Waals surface area contributed by atoms with Gasteiger partial charge in [-0.25, -0.2) is 4.39 Å². The number of aryl methyl sites for hydroxylation is 1. The fraction of sp³-hybridized carbons (Fsp3) is 0.318. The van der Waals surface area contributed by atoms with E-state index in [0.717, 1.165) is 5.56 Å². The molecule has 1 fully saturated rings. The van der Waals surface area contributed by atoms with E-state index in [1.54, 1.807) is 11.8 Å². The smallest absolute Gasteiger partial charge is 0.235 e. The number of rotatable bonds is 4. The molecular weight excluding hydrogens is 399 g/mol. The fourth-order valence-electron chi connectivity index (χ4n) is 4.07. The summed E-state index contributed by atoms with van der Waals surface area (Å²) < 4.78 is 15.7. The summed E-state index contributed by atoms with van der Waals surface area (Å²) in [5, 5.41) is 14.1. The lowest BCUT2D eigenvalue weighted by atomic mass is 9.72. The number of likely N-dealkylation sites (tertiary alicyclic amines) is 1. The third-order valence-electron chi connectivity index (χ3n) is 5.88. The van der Waals surface area contributed by atoms with Gasteiger partial charge in [0.15, 0.2) is 5.82 Å². The van der Waals surface area contributed by atoms with Crippen LogP contribution in [0, 0.1) is 12.7 Å². The Balaban J connectivity index is 1.65. The summed E-state index contributed by atoms with van der Waals surface area (Å²) in [7, 11) is 0. The summed E-state index contributed by atoms with van der Waals surface area (Å²) in [5.41, 5.74) is 0.711. The topological polar surface area (TPSA) is 93.0 Å². The van der Waals surface area contributed by atoms with Crippen LogP contribution >= 0.6 is 0 Å². The van der Waals surface area contributed by atoms with Crippen molar-refractivity contribution >= 4 is 17.5 Å². The number of tetrazole rings is 1. The van der Waals surface area contributed by atoms with Gasteiger partial charge in [0, 0.05) is 25.7 Å². The molecule has 1 aliphatic rings. The van der Waals surface area contributed by atoms with E-state index in [1.165, 1.54) is 29.8 Å². The molecule has 1 N–H and O–H groups in total. The lowest BCUT2D eigenvalue weighted by molar-refractivity contribution is -0.133. The maximum Gasteiger partial charge on any atom is 0.235 e. The number of halogens is 1. The highest BCUT2D eigenvalue weighted by atomic mass is 19.1. The molecule has 0 bridgehead atoms. The lowest BCUT2D eigenvalue weighted by Gasteiger charge is -2.40. The first-order valence-corrected chi connectivity index (χ1v) is 10.1. The summed E-state index contributed by atoms with van der Waals surface area (Å²) >= 11 is 0. The number of piperidine rings is 1. The molecule has 0 atom stereocenters. The van der Waals surface area contributed by atoms with Gasteiger partial charge in [-0.1, -0.05) is 30.3 Å². The Bertz CT molecular complexity index is 1110. The number of hydrogen-bond acceptors (Lipinski definition) is 5. The molecule has 3 aromatic rings. The molecule has 2 amide bonds. The highest BCUT2D eigenvalue weighted by molar-refractivity contribution is 5.99. The van der Waals surface area contributed by atoms with Gasteiger partial charge in [0.2, 0.25) is 11.8 Å². The van der Waals surface area contributed by atoms with Crippen LogP contribution in [-0.4, -0.2) is 50.0 Å². The van der Waals surface area contributed by atoms with Crippen LogP contribution in [0.1, 0.15) is 31.2 Å². The van der Waals surface area contributed by atoms with Crippen LogP contribution in [0.5, 0.6) is 0 Å². The molecule has 2 aromatic carbocycles. The highest BCUT2D eigenvalue weighted by Gasteiger charge is 2.43. The van der Waals surface area contributed by atoms with Crippen molar-refractivity contribution in [1.82, 2.24) is 25.1 Å². The Morgan fingerprint density at radius 1 is 1.10 bits per heavy atom. The molecular formula is C22H23FN6O2. The average molecular weight is 422 g/mol. The van der Waals surface area contributed by atoms with Crippen molar-refractivity contribution in [2.75, 3.05) is 18.4 Å². The van der Waals surface area contributed by atoms with Crippen LogP contribution in [0.3, 0.4) is 0 Å². The lowest BCUT2D eigenvalue weighted by Crippen LogP contribution is -2.50. The van der Waals surface area contributed by atoms with Gasteiger partial charge >= 0.3 is 0 Å². The molecule has 9 heteroatoms. The fourth-order valence-corrected chi connectivity index (χ4v) is 4.07. The number of benzene rings is 2. The van der Waals surface area contributed by atoms with Gasteiger partial charge in [0.25, 0.3) is 0 Å². The molecule has 160 valence electrons. The number of nitrogens with zero attached hydrogens (tertiary/aromatic N) is 5. The second kappa shape index (κ2) is 8.25. The monoisotopic (exact) mass is 422 g/mol. The number of carbonyl (C=O) groups is 2. The Morgan fingerprint density at radius 3 is 2.42 bits per heavy atom. The molecule has 2 heterocycles. The van der Waals surface area contributed by atoms with Crippen LogP contribution in [0.2, 0.25) is 0 Å². The molecule has 1 aromatic heterocycles. The normalized spacial score (nSPS) is 15.5. The number of anilines is 1. The maximum absolute atomic E-state index is 14.4. The summed E-state index contributed by atoms with van der Waals surface area (Å²) in [6.45, 7) is 4.20. The van der Waals surface area contributed by atoms with Crippen LogP contribution in [0.15, 0.2) is 48.5 Å². The predicted octanol–water partition coefficient (Wildman–Crippen LogP) is 2.63. The van der Waals surface area contributed by atoms with Crippen molar-refractivity contribution in [3.8, 4) is 5.69 Å². The number of amides is 2. The van der Waals surface area contributed by atoms with E-state index >= 15 is 0 Å². The predicted molar refractivity (Wildman–Crippen MR) is 112 cm³/mol. The molecule has 0 unspecified atom stereocenters. The average Bonchev–Trinajstić information content (AvgIpc) is 3.21. The van der Waals surface area contributed by atoms with Crippen molar-refractivity contribution in [1.29, 1.82) is 0 Å². The Kier molecular flexibility index (Phi) is 5.50. The standard InChI is InChI=1S/C22H23FN6O2/c1-15-25-26-27-29(15)20-14-18(8-9-19(20)23)24-21(31)22(17-6-4-3-5-7-17)10-12-28(13-11-22)16(2)30/h3-9,14H,10-13H2,1-2H3,(H,24,31). The number of hydrogen-bond donors (Lipinski definition) is 1. The second-order valence-corrected chi connectivity index (χ2v) is 7.71. The van der Waals surface area contributed by atoms with Gasteiger partial charge in [0.05, 0.1) is 5.41 Å². The van der Waals surface area contributed by atoms with E-state index in [-0.39, 0.29) is 17.5 Å². The van der Waals surface area contributed by atoms with E-state index < -0.39 is 11.2 Å². The molecule has 1 aliphatic heterocycles. The zero-order valence-electron chi connectivity index (χ0n) is 17.4. The number of nitrogens with one attached hydrogen (secondary N) is 1. The molecule has 0 radical (unpaired) electrons. The Hall–Kier alpha value is -3.62. The van der Waals surface area contributed by atoms with E-state index in [9.17, 15) is 14.0 Å². The molecule has 1 saturated heterocycles. The van der Waals surface area contributed by atoms with Crippen molar-refractivity contribution in [2.45, 2.75) is 32.1 Å². The maximum atomic E-state index is 14.4. The van der Waals surface area contributed by atoms with E-state index in [4.69, 9.17) is 0 Å². The van der Waals surface area contributed by atoms with E-state index in [1.807, 2.05) is 30.3 Å². The SMILES string of the molecule is CC(=O)N1CCC(C(=O)Nc2ccc(F)c(-n3nnnc3C)c2)(c2ccccc2)CC1. The molecule has 8 nitrogen and oxygen atoms in total. The quantitative estimate of drug-likeness (QED) is 0.698. The number of aromatic nitrogens is 4. The molecule has 0 saturated carbocycles. The zero-order chi connectivity index (χ0) is 22.0. The zero-order valence-corrected chi connectivity index (χ0v) is 17.4. The molecule has 4 rings (SSSR count). The summed E-state index contributed by atoms with van der Waals surface area (Å²) in [6, 6.07) is 13.9. The van der Waals surface area contributed by atoms with Crippen LogP contribution in [-0.2, 0) is 15.0 Å². The van der Waals surface area contributed by atoms with Crippen LogP contribution < -0.4 is 5.32 Å². The number of carbonyl (C=O) groups excluding carboxylic acids is 2. The van der Waals surface area contributed by atoms with Gasteiger partial charge < -0.3 is 10.2 Å². The first-order valence-electron chi connectivity index (χ1n) is 10.1. The van der Waals surface area contributed by atoms with Crippen molar-refractivity contribution in [2.24, 2.45) is 0 Å². The molecule has 0 spiro atoms. The minimum atomic E-state index is -0.785. The summed E-state index contributed by atoms with van der Waals surface area (Å²) in [6.07, 6.45) is 1.01. The highest BCUT2D eigenvalue weighted by Crippen LogP contribution is 2.37. The van der Waals surface area contributed by atoms with Crippen molar-refractivity contribution in [3.05, 3.63) is 65.7 Å². The van der Waals surface area contributed by atoms with Crippen LogP contribution in [0.25, 0.3) is 5.69 Å². The van der Waals surface area contributed by atoms with Gasteiger partial charge in [0.1, 0.15) is 11.5 Å². The summed E-state index contributed by atoms with van der Waals surface area (Å²) in [5.74, 6) is -0.254. The minimum absolute atomic E-state index is 0.00191. The summed E-state index contributed by atoms with van der Waals surface area (Å²) in [4.78, 5) is 27.1. The Morgan fingerprint density at radius 2 is 1.81 bits per heavy atom. The first-order chi connectivity index (χ1) is 14.9. The second-order valence-electron chi connectivity index (χ2n) is 7.71. The first kappa shape index (κ1) is 20.6. The van der Waals surface area contributed by atoms with Crippen molar-refractivity contribution in [3.63, 3.8) is 0 Å². The van der Waals surface area contributed by atoms with Gasteiger partial charge in [-0.15, -0.1) is 5.10 Å². The van der Waals surface area contributed by atoms with Crippen molar-refractivity contribution < 1.29 is 14.0 Å². The van der Waals surface area contributed by atoms with Crippen LogP contribution in [0.4, 0.5) is 10.1 Å². The molecule has 31 heavy (non-hydrogen) atoms. The minimum Gasteiger partial charge on any atom is -0.343 e. The largest absolute Gasteiger partial charge is 0.343 e. The van der Waals surface area contributed by atoms with Gasteiger partial charge in [-0.2, -0.15) is 4.68 Å².